The molecule has 3 nitrogen and oxygen atoms in total. The van der Waals surface area contributed by atoms with E-state index >= 15 is 0 Å². The molecule has 3 aromatic rings. The molecule has 0 saturated carbocycles. The van der Waals surface area contributed by atoms with Crippen molar-refractivity contribution >= 4 is 10.9 Å². The van der Waals surface area contributed by atoms with Crippen molar-refractivity contribution in [3.8, 4) is 0 Å². The lowest BCUT2D eigenvalue weighted by atomic mass is 9.97. The Labute approximate surface area is 164 Å². The second kappa shape index (κ2) is 6.38. The molecule has 4 heterocycles. The van der Waals surface area contributed by atoms with Crippen molar-refractivity contribution in [2.75, 3.05) is 7.05 Å². The van der Waals surface area contributed by atoms with E-state index in [0.29, 0.717) is 12.1 Å². The van der Waals surface area contributed by atoms with Gasteiger partial charge in [0.15, 0.2) is 0 Å². The van der Waals surface area contributed by atoms with Gasteiger partial charge in [-0.25, -0.2) is 0 Å². The van der Waals surface area contributed by atoms with E-state index < -0.39 is 5.92 Å². The van der Waals surface area contributed by atoms with Gasteiger partial charge >= 0.3 is 0 Å². The van der Waals surface area contributed by atoms with Gasteiger partial charge in [-0.05, 0) is 49.6 Å². The number of hydrogen-bond donors (Lipinski definition) is 0. The Kier molecular flexibility index (Phi) is 4.05. The van der Waals surface area contributed by atoms with Crippen molar-refractivity contribution in [1.82, 2.24) is 14.5 Å². The fraction of sp³-hybridized carbons (Fsp3) is 0.435. The van der Waals surface area contributed by atoms with Crippen LogP contribution in [0.25, 0.3) is 10.9 Å². The topological polar surface area (TPSA) is 21.1 Å². The fourth-order valence-electron chi connectivity index (χ4n) is 5.13. The number of para-hydroxylation sites is 1. The van der Waals surface area contributed by atoms with Crippen molar-refractivity contribution in [2.45, 2.75) is 57.2 Å². The Morgan fingerprint density at radius 1 is 1.14 bits per heavy atom. The van der Waals surface area contributed by atoms with Crippen LogP contribution in [0.1, 0.15) is 48.3 Å². The third-order valence-corrected chi connectivity index (χ3v) is 6.62. The molecule has 0 amide bonds. The zero-order valence-electron chi connectivity index (χ0n) is 16.3. The average molecular weight is 381 g/mol. The summed E-state index contributed by atoms with van der Waals surface area (Å²) in [7, 11) is 2.26. The van der Waals surface area contributed by atoms with Crippen LogP contribution in [0.2, 0.25) is 0 Å². The van der Waals surface area contributed by atoms with Gasteiger partial charge in [0.2, 0.25) is 0 Å². The van der Waals surface area contributed by atoms with Gasteiger partial charge in [-0.2, -0.15) is 8.78 Å². The zero-order valence-corrected chi connectivity index (χ0v) is 16.3. The molecule has 146 valence electrons. The number of aryl methyl sites for hydroxylation is 2. The maximum Gasteiger partial charge on any atom is 0.286 e. The molecule has 1 aromatic carbocycles. The minimum atomic E-state index is -2.89. The molecular formula is C23H25F2N3. The van der Waals surface area contributed by atoms with Crippen LogP contribution in [-0.2, 0) is 25.3 Å². The molecule has 28 heavy (non-hydrogen) atoms. The van der Waals surface area contributed by atoms with Crippen LogP contribution in [0.4, 0.5) is 8.78 Å². The zero-order chi connectivity index (χ0) is 19.5. The Morgan fingerprint density at radius 3 is 2.71 bits per heavy atom. The van der Waals surface area contributed by atoms with E-state index in [9.17, 15) is 8.78 Å². The highest BCUT2D eigenvalue weighted by atomic mass is 19.3. The third kappa shape index (κ3) is 2.75. The number of benzene rings is 1. The Morgan fingerprint density at radius 2 is 1.96 bits per heavy atom. The first kappa shape index (κ1) is 17.8. The number of alkyl halides is 2. The molecule has 2 aromatic heterocycles. The number of hydrogen-bond acceptors (Lipinski definition) is 2. The molecule has 0 radical (unpaired) electrons. The number of pyridine rings is 1. The predicted molar refractivity (Wildman–Crippen MR) is 107 cm³/mol. The van der Waals surface area contributed by atoms with Crippen molar-refractivity contribution in [3.05, 3.63) is 65.1 Å². The first-order valence-electron chi connectivity index (χ1n) is 10.1. The lowest BCUT2D eigenvalue weighted by molar-refractivity contribution is 0.0127. The van der Waals surface area contributed by atoms with Crippen LogP contribution < -0.4 is 0 Å². The SMILES string of the molecule is CN1[C@@H]2CC[C@H]1c1c(n(CCc3ccc(C(C)(F)F)nc3)c3ccccc13)C2. The molecule has 2 bridgehead atoms. The Balaban J connectivity index is 1.48. The molecule has 5 rings (SSSR count). The fourth-order valence-corrected chi connectivity index (χ4v) is 5.13. The van der Waals surface area contributed by atoms with Gasteiger partial charge in [0.25, 0.3) is 5.92 Å². The van der Waals surface area contributed by atoms with E-state index in [4.69, 9.17) is 0 Å². The van der Waals surface area contributed by atoms with Gasteiger partial charge in [-0.1, -0.05) is 24.3 Å². The molecule has 2 aliphatic rings. The largest absolute Gasteiger partial charge is 0.344 e. The van der Waals surface area contributed by atoms with Crippen molar-refractivity contribution < 1.29 is 8.78 Å². The summed E-state index contributed by atoms with van der Waals surface area (Å²) >= 11 is 0. The summed E-state index contributed by atoms with van der Waals surface area (Å²) in [5.41, 5.74) is 5.09. The summed E-state index contributed by atoms with van der Waals surface area (Å²) in [6, 6.07) is 13.1. The number of likely N-dealkylation sites (N-methyl/N-ethyl adjacent to an activating group) is 1. The van der Waals surface area contributed by atoms with E-state index in [1.165, 1.54) is 41.1 Å². The summed E-state index contributed by atoms with van der Waals surface area (Å²) in [5, 5.41) is 1.37. The monoisotopic (exact) mass is 381 g/mol. The average Bonchev–Trinajstić information content (AvgIpc) is 3.10. The summed E-state index contributed by atoms with van der Waals surface area (Å²) in [6.07, 6.45) is 5.98. The number of nitrogens with zero attached hydrogens (tertiary/aromatic N) is 3. The Hall–Kier alpha value is -2.27. The maximum absolute atomic E-state index is 13.4. The lowest BCUT2D eigenvalue weighted by Gasteiger charge is -2.32. The van der Waals surface area contributed by atoms with Gasteiger partial charge in [-0.3, -0.25) is 9.88 Å². The van der Waals surface area contributed by atoms with Crippen molar-refractivity contribution in [3.63, 3.8) is 0 Å². The van der Waals surface area contributed by atoms with Gasteiger partial charge in [-0.15, -0.1) is 0 Å². The second-order valence-electron chi connectivity index (χ2n) is 8.34. The van der Waals surface area contributed by atoms with Crippen LogP contribution >= 0.6 is 0 Å². The van der Waals surface area contributed by atoms with E-state index in [1.807, 2.05) is 0 Å². The van der Waals surface area contributed by atoms with Crippen LogP contribution in [0.3, 0.4) is 0 Å². The summed E-state index contributed by atoms with van der Waals surface area (Å²) in [4.78, 5) is 6.53. The minimum absolute atomic E-state index is 0.167. The summed E-state index contributed by atoms with van der Waals surface area (Å²) in [6.45, 7) is 1.74. The van der Waals surface area contributed by atoms with Gasteiger partial charge < -0.3 is 4.57 Å². The normalized spacial score (nSPS) is 22.0. The summed E-state index contributed by atoms with van der Waals surface area (Å²) < 4.78 is 29.3. The van der Waals surface area contributed by atoms with E-state index in [0.717, 1.165) is 31.9 Å². The highest BCUT2D eigenvalue weighted by molar-refractivity contribution is 5.86. The third-order valence-electron chi connectivity index (χ3n) is 6.62. The maximum atomic E-state index is 13.4. The van der Waals surface area contributed by atoms with E-state index in [-0.39, 0.29) is 5.69 Å². The highest BCUT2D eigenvalue weighted by Gasteiger charge is 2.40. The minimum Gasteiger partial charge on any atom is -0.344 e. The molecule has 5 heteroatoms. The number of rotatable bonds is 4. The van der Waals surface area contributed by atoms with Crippen LogP contribution in [0.5, 0.6) is 0 Å². The van der Waals surface area contributed by atoms with Gasteiger partial charge in [0.05, 0.1) is 0 Å². The van der Waals surface area contributed by atoms with Gasteiger partial charge in [0, 0.05) is 54.8 Å². The quantitative estimate of drug-likeness (QED) is 0.628. The standard InChI is InChI=1S/C23H25F2N3/c1-23(24,25)21-10-7-15(14-26-21)11-12-28-18-6-4-3-5-17(18)22-19-9-8-16(27(19)2)13-20(22)28/h3-7,10,14,16,19H,8-9,11-13H2,1-2H3/t16-,19+/m1/s1. The van der Waals surface area contributed by atoms with Gasteiger partial charge in [0.1, 0.15) is 5.69 Å². The van der Waals surface area contributed by atoms with E-state index in [2.05, 4.69) is 45.8 Å². The molecule has 1 saturated heterocycles. The Bertz CT molecular complexity index is 1020. The molecule has 0 unspecified atom stereocenters. The number of fused-ring (bicyclic) bond motifs is 6. The molecule has 0 aliphatic carbocycles. The molecule has 1 fully saturated rings. The molecule has 0 spiro atoms. The molecule has 2 aliphatic heterocycles. The molecular weight excluding hydrogens is 356 g/mol. The number of halogens is 2. The first-order chi connectivity index (χ1) is 13.4. The smallest absolute Gasteiger partial charge is 0.286 e. The molecule has 0 N–H and O–H groups in total. The predicted octanol–water partition coefficient (Wildman–Crippen LogP) is 5.08. The van der Waals surface area contributed by atoms with Crippen molar-refractivity contribution in [2.24, 2.45) is 0 Å². The lowest BCUT2D eigenvalue weighted by Crippen LogP contribution is -2.34. The highest BCUT2D eigenvalue weighted by Crippen LogP contribution is 2.46. The van der Waals surface area contributed by atoms with Crippen LogP contribution in [0, 0.1) is 0 Å². The van der Waals surface area contributed by atoms with Crippen LogP contribution in [-0.4, -0.2) is 27.5 Å². The van der Waals surface area contributed by atoms with Crippen molar-refractivity contribution in [1.29, 1.82) is 0 Å². The van der Waals surface area contributed by atoms with E-state index in [1.54, 1.807) is 12.3 Å². The first-order valence-corrected chi connectivity index (χ1v) is 10.1. The molecule has 2 atom stereocenters. The van der Waals surface area contributed by atoms with Crippen LogP contribution in [0.15, 0.2) is 42.6 Å². The summed E-state index contributed by atoms with van der Waals surface area (Å²) in [5.74, 6) is -2.89. The number of aromatic nitrogens is 2. The second-order valence-corrected chi connectivity index (χ2v) is 8.34.